The van der Waals surface area contributed by atoms with Gasteiger partial charge in [0.2, 0.25) is 0 Å². The van der Waals surface area contributed by atoms with Gasteiger partial charge in [0.05, 0.1) is 5.56 Å². The van der Waals surface area contributed by atoms with Crippen LogP contribution in [0, 0.1) is 17.8 Å². The van der Waals surface area contributed by atoms with Crippen molar-refractivity contribution in [3.05, 3.63) is 71.3 Å². The highest BCUT2D eigenvalue weighted by Gasteiger charge is 2.52. The molecule has 0 aromatic heterocycles. The van der Waals surface area contributed by atoms with Crippen LogP contribution in [0.5, 0.6) is 0 Å². The summed E-state index contributed by atoms with van der Waals surface area (Å²) >= 11 is 0. The van der Waals surface area contributed by atoms with Crippen molar-refractivity contribution < 1.29 is 15.0 Å². The van der Waals surface area contributed by atoms with Gasteiger partial charge < -0.3 is 10.2 Å². The Labute approximate surface area is 189 Å². The Hall–Kier alpha value is -2.65. The largest absolute Gasteiger partial charge is 0.478 e. The Morgan fingerprint density at radius 3 is 2.06 bits per heavy atom. The number of carboxylic acid groups (broad SMARTS) is 1. The highest BCUT2D eigenvalue weighted by Crippen LogP contribution is 2.61. The van der Waals surface area contributed by atoms with Crippen LogP contribution in [0.25, 0.3) is 21.9 Å². The van der Waals surface area contributed by atoms with Gasteiger partial charge in [0.1, 0.15) is 0 Å². The summed E-state index contributed by atoms with van der Waals surface area (Å²) in [4.78, 5) is 11.3. The van der Waals surface area contributed by atoms with Gasteiger partial charge in [-0.05, 0) is 119 Å². The number of rotatable bonds is 5. The normalized spacial score (nSPS) is 28.3. The predicted octanol–water partition coefficient (Wildman–Crippen LogP) is 6.21. The molecule has 32 heavy (non-hydrogen) atoms. The quantitative estimate of drug-likeness (QED) is 0.510. The maximum atomic E-state index is 11.3. The number of carboxylic acids is 1. The van der Waals surface area contributed by atoms with Crippen molar-refractivity contribution in [3.8, 4) is 11.1 Å². The van der Waals surface area contributed by atoms with Crippen molar-refractivity contribution >= 4 is 16.7 Å². The number of hydrogen-bond acceptors (Lipinski definition) is 2. The van der Waals surface area contributed by atoms with Gasteiger partial charge in [0.25, 0.3) is 0 Å². The van der Waals surface area contributed by atoms with E-state index in [2.05, 4.69) is 30.3 Å². The first-order valence-electron chi connectivity index (χ1n) is 12.0. The van der Waals surface area contributed by atoms with Crippen molar-refractivity contribution in [2.45, 2.75) is 50.4 Å². The molecule has 4 bridgehead atoms. The van der Waals surface area contributed by atoms with Gasteiger partial charge in [0, 0.05) is 6.61 Å². The molecular formula is C29H30O3. The lowest BCUT2D eigenvalue weighted by atomic mass is 9.47. The van der Waals surface area contributed by atoms with Crippen molar-refractivity contribution in [3.63, 3.8) is 0 Å². The van der Waals surface area contributed by atoms with Crippen LogP contribution in [-0.2, 0) is 11.8 Å². The molecular weight excluding hydrogens is 396 g/mol. The minimum atomic E-state index is -0.893. The fraction of sp³-hybridized carbons (Fsp3) is 0.414. The van der Waals surface area contributed by atoms with Crippen molar-refractivity contribution in [1.82, 2.24) is 0 Å². The highest BCUT2D eigenvalue weighted by atomic mass is 16.4. The molecule has 0 radical (unpaired) electrons. The zero-order chi connectivity index (χ0) is 21.9. The zero-order valence-electron chi connectivity index (χ0n) is 18.4. The summed E-state index contributed by atoms with van der Waals surface area (Å²) in [5, 5.41) is 21.0. The lowest BCUT2D eigenvalue weighted by Gasteiger charge is -2.57. The van der Waals surface area contributed by atoms with E-state index in [4.69, 9.17) is 0 Å². The second-order valence-electron chi connectivity index (χ2n) is 10.6. The monoisotopic (exact) mass is 426 g/mol. The van der Waals surface area contributed by atoms with Crippen LogP contribution in [-0.4, -0.2) is 22.8 Å². The summed E-state index contributed by atoms with van der Waals surface area (Å²) in [6, 6.07) is 18.5. The van der Waals surface area contributed by atoms with E-state index in [9.17, 15) is 15.0 Å². The van der Waals surface area contributed by atoms with E-state index < -0.39 is 5.97 Å². The molecule has 7 rings (SSSR count). The van der Waals surface area contributed by atoms with E-state index in [1.165, 1.54) is 60.8 Å². The number of carbonyl (C=O) groups is 1. The van der Waals surface area contributed by atoms with Crippen molar-refractivity contribution in [1.29, 1.82) is 0 Å². The van der Waals surface area contributed by atoms with E-state index in [0.29, 0.717) is 11.0 Å². The molecule has 4 aliphatic rings. The van der Waals surface area contributed by atoms with E-state index in [-0.39, 0.29) is 6.61 Å². The standard InChI is InChI=1S/C29H30O3/c30-8-7-21-1-2-25(23-3-4-24-13-26(28(31)32)6-5-22(24)12-23)14-27(21)29-15-18-9-19(16-29)11-20(10-18)17-29/h1-6,12-14,18-20,30H,7-11,15-17H2,(H,31,32). The highest BCUT2D eigenvalue weighted by molar-refractivity contribution is 5.95. The first-order valence-corrected chi connectivity index (χ1v) is 12.0. The Morgan fingerprint density at radius 1 is 0.812 bits per heavy atom. The van der Waals surface area contributed by atoms with Crippen LogP contribution in [0.2, 0.25) is 0 Å². The summed E-state index contributed by atoms with van der Waals surface area (Å²) in [5.41, 5.74) is 5.82. The van der Waals surface area contributed by atoms with E-state index in [1.54, 1.807) is 12.1 Å². The smallest absolute Gasteiger partial charge is 0.335 e. The van der Waals surface area contributed by atoms with E-state index >= 15 is 0 Å². The van der Waals surface area contributed by atoms with E-state index in [1.807, 2.05) is 12.1 Å². The molecule has 3 aromatic carbocycles. The van der Waals surface area contributed by atoms with Crippen LogP contribution >= 0.6 is 0 Å². The molecule has 0 heterocycles. The number of aliphatic hydroxyl groups excluding tert-OH is 1. The van der Waals surface area contributed by atoms with E-state index in [0.717, 1.165) is 34.9 Å². The molecule has 3 heteroatoms. The molecule has 4 saturated carbocycles. The van der Waals surface area contributed by atoms with Gasteiger partial charge in [-0.25, -0.2) is 4.79 Å². The van der Waals surface area contributed by atoms with Gasteiger partial charge >= 0.3 is 5.97 Å². The molecule has 0 unspecified atom stereocenters. The number of aliphatic hydroxyl groups is 1. The maximum Gasteiger partial charge on any atom is 0.335 e. The Kier molecular flexibility index (Phi) is 4.65. The van der Waals surface area contributed by atoms with Gasteiger partial charge in [0.15, 0.2) is 0 Å². The van der Waals surface area contributed by atoms with Crippen LogP contribution in [0.4, 0.5) is 0 Å². The minimum absolute atomic E-state index is 0.195. The molecule has 4 aliphatic carbocycles. The number of hydrogen-bond donors (Lipinski definition) is 2. The first-order chi connectivity index (χ1) is 15.5. The van der Waals surface area contributed by atoms with Gasteiger partial charge in [-0.1, -0.05) is 36.4 Å². The minimum Gasteiger partial charge on any atom is -0.478 e. The maximum absolute atomic E-state index is 11.3. The van der Waals surface area contributed by atoms with Crippen LogP contribution < -0.4 is 0 Å². The summed E-state index contributed by atoms with van der Waals surface area (Å²) in [5.74, 6) is 1.76. The van der Waals surface area contributed by atoms with Gasteiger partial charge in [-0.3, -0.25) is 0 Å². The van der Waals surface area contributed by atoms with Gasteiger partial charge in [-0.2, -0.15) is 0 Å². The second-order valence-corrected chi connectivity index (χ2v) is 10.6. The fourth-order valence-electron chi connectivity index (χ4n) is 7.59. The third-order valence-corrected chi connectivity index (χ3v) is 8.52. The third-order valence-electron chi connectivity index (χ3n) is 8.52. The molecule has 0 saturated heterocycles. The Balaban J connectivity index is 1.43. The molecule has 3 nitrogen and oxygen atoms in total. The average Bonchev–Trinajstić information content (AvgIpc) is 2.78. The molecule has 0 aliphatic heterocycles. The zero-order valence-corrected chi connectivity index (χ0v) is 18.4. The molecule has 0 spiro atoms. The summed E-state index contributed by atoms with van der Waals surface area (Å²) in [6.45, 7) is 0.195. The van der Waals surface area contributed by atoms with Crippen LogP contribution in [0.1, 0.15) is 60.0 Å². The third kappa shape index (κ3) is 3.26. The predicted molar refractivity (Wildman–Crippen MR) is 127 cm³/mol. The summed E-state index contributed by atoms with van der Waals surface area (Å²) in [7, 11) is 0. The number of benzene rings is 3. The molecule has 0 atom stereocenters. The van der Waals surface area contributed by atoms with Crippen molar-refractivity contribution in [2.75, 3.05) is 6.61 Å². The molecule has 164 valence electrons. The number of aromatic carboxylic acids is 1. The molecule has 0 amide bonds. The summed E-state index contributed by atoms with van der Waals surface area (Å²) in [6.07, 6.45) is 8.96. The molecule has 4 fully saturated rings. The lowest BCUT2D eigenvalue weighted by molar-refractivity contribution is -0.00561. The summed E-state index contributed by atoms with van der Waals surface area (Å²) < 4.78 is 0. The van der Waals surface area contributed by atoms with Crippen molar-refractivity contribution in [2.24, 2.45) is 17.8 Å². The van der Waals surface area contributed by atoms with Crippen LogP contribution in [0.15, 0.2) is 54.6 Å². The average molecular weight is 427 g/mol. The lowest BCUT2D eigenvalue weighted by Crippen LogP contribution is -2.49. The Morgan fingerprint density at radius 2 is 1.41 bits per heavy atom. The van der Waals surface area contributed by atoms with Crippen LogP contribution in [0.3, 0.4) is 0 Å². The SMILES string of the molecule is O=C(O)c1ccc2cc(-c3ccc(CCO)c(C45CC6CC(CC(C6)C4)C5)c3)ccc2c1. The topological polar surface area (TPSA) is 57.5 Å². The number of fused-ring (bicyclic) bond motifs is 1. The van der Waals surface area contributed by atoms with Gasteiger partial charge in [-0.15, -0.1) is 0 Å². The Bertz CT molecular complexity index is 1170. The second kappa shape index (κ2) is 7.45. The molecule has 3 aromatic rings. The first kappa shape index (κ1) is 20.0. The molecule has 2 N–H and O–H groups in total. The fourth-order valence-corrected chi connectivity index (χ4v) is 7.59.